The van der Waals surface area contributed by atoms with Crippen molar-refractivity contribution in [1.82, 2.24) is 4.90 Å². The molecule has 0 radical (unpaired) electrons. The van der Waals surface area contributed by atoms with Crippen molar-refractivity contribution in [1.29, 1.82) is 0 Å². The van der Waals surface area contributed by atoms with E-state index in [1.54, 1.807) is 0 Å². The lowest BCUT2D eigenvalue weighted by molar-refractivity contribution is -0.0404. The van der Waals surface area contributed by atoms with Crippen LogP contribution in [0.5, 0.6) is 0 Å². The van der Waals surface area contributed by atoms with Crippen molar-refractivity contribution >= 4 is 23.0 Å². The molecule has 1 N–H and O–H groups in total. The van der Waals surface area contributed by atoms with E-state index >= 15 is 0 Å². The van der Waals surface area contributed by atoms with Gasteiger partial charge in [-0.2, -0.15) is 0 Å². The Morgan fingerprint density at radius 3 is 2.41 bits per heavy atom. The second kappa shape index (κ2) is 6.90. The van der Waals surface area contributed by atoms with Gasteiger partial charge in [0.2, 0.25) is 0 Å². The molecular weight excluding hydrogens is 292 g/mol. The monoisotopic (exact) mass is 312 g/mol. The van der Waals surface area contributed by atoms with Crippen molar-refractivity contribution < 1.29 is 4.74 Å². The van der Waals surface area contributed by atoms with E-state index in [1.807, 2.05) is 48.5 Å². The van der Waals surface area contributed by atoms with Crippen LogP contribution in [-0.2, 0) is 4.74 Å². The quantitative estimate of drug-likeness (QED) is 0.852. The van der Waals surface area contributed by atoms with Crippen LogP contribution in [0.2, 0.25) is 0 Å². The zero-order valence-electron chi connectivity index (χ0n) is 12.6. The molecule has 2 aromatic carbocycles. The molecule has 2 atom stereocenters. The van der Waals surface area contributed by atoms with E-state index in [1.165, 1.54) is 5.56 Å². The topological polar surface area (TPSA) is 24.5 Å². The van der Waals surface area contributed by atoms with Crippen LogP contribution in [-0.4, -0.2) is 29.2 Å². The van der Waals surface area contributed by atoms with Gasteiger partial charge in [0.05, 0.1) is 12.6 Å². The minimum absolute atomic E-state index is 0.0467. The summed E-state index contributed by atoms with van der Waals surface area (Å²) in [6.07, 6.45) is 0.0467. The highest BCUT2D eigenvalue weighted by atomic mass is 32.1. The molecule has 0 amide bonds. The van der Waals surface area contributed by atoms with Gasteiger partial charge in [0.1, 0.15) is 6.10 Å². The molecule has 3 nitrogen and oxygen atoms in total. The van der Waals surface area contributed by atoms with Crippen molar-refractivity contribution in [3.05, 3.63) is 66.2 Å². The number of morpholine rings is 1. The molecule has 1 saturated heterocycles. The lowest BCUT2D eigenvalue weighted by Crippen LogP contribution is -2.50. The number of hydrogen-bond donors (Lipinski definition) is 1. The fraction of sp³-hybridized carbons (Fsp3) is 0.278. The van der Waals surface area contributed by atoms with Gasteiger partial charge in [0, 0.05) is 12.2 Å². The van der Waals surface area contributed by atoms with E-state index in [2.05, 4.69) is 29.3 Å². The highest BCUT2D eigenvalue weighted by Gasteiger charge is 2.31. The molecule has 114 valence electrons. The van der Waals surface area contributed by atoms with Crippen LogP contribution in [0.15, 0.2) is 60.7 Å². The van der Waals surface area contributed by atoms with Crippen molar-refractivity contribution in [2.75, 3.05) is 18.5 Å². The molecular formula is C18H20N2OS. The highest BCUT2D eigenvalue weighted by molar-refractivity contribution is 7.80. The number of nitrogens with one attached hydrogen (secondary N) is 1. The fourth-order valence-corrected chi connectivity index (χ4v) is 3.18. The van der Waals surface area contributed by atoms with Gasteiger partial charge >= 0.3 is 0 Å². The first-order valence-corrected chi connectivity index (χ1v) is 7.96. The summed E-state index contributed by atoms with van der Waals surface area (Å²) in [6, 6.07) is 20.6. The number of para-hydroxylation sites is 1. The molecule has 1 heterocycles. The van der Waals surface area contributed by atoms with Gasteiger partial charge in [-0.05, 0) is 36.8 Å². The summed E-state index contributed by atoms with van der Waals surface area (Å²) in [6.45, 7) is 3.65. The zero-order chi connectivity index (χ0) is 15.4. The predicted molar refractivity (Wildman–Crippen MR) is 94.0 cm³/mol. The van der Waals surface area contributed by atoms with Gasteiger partial charge in [-0.25, -0.2) is 0 Å². The maximum atomic E-state index is 5.98. The standard InChI is InChI=1S/C18H20N2OS/c1-14-17(15-8-4-2-5-9-15)21-13-12-20(14)18(22)19-16-10-6-3-7-11-16/h2-11,14,17H,12-13H2,1H3,(H,19,22). The number of hydrogen-bond acceptors (Lipinski definition) is 2. The molecule has 4 heteroatoms. The zero-order valence-corrected chi connectivity index (χ0v) is 13.4. The normalized spacial score (nSPS) is 21.4. The molecule has 0 aromatic heterocycles. The van der Waals surface area contributed by atoms with Crippen LogP contribution in [0.25, 0.3) is 0 Å². The molecule has 3 rings (SSSR count). The summed E-state index contributed by atoms with van der Waals surface area (Å²) >= 11 is 5.60. The van der Waals surface area contributed by atoms with Crippen molar-refractivity contribution in [2.45, 2.75) is 19.1 Å². The van der Waals surface area contributed by atoms with Gasteiger partial charge < -0.3 is 15.0 Å². The Hall–Kier alpha value is -1.91. The molecule has 1 aliphatic heterocycles. The Bertz CT molecular complexity index is 617. The van der Waals surface area contributed by atoms with Gasteiger partial charge in [0.15, 0.2) is 5.11 Å². The van der Waals surface area contributed by atoms with Crippen molar-refractivity contribution in [3.8, 4) is 0 Å². The Balaban J connectivity index is 1.72. The molecule has 2 unspecified atom stereocenters. The average Bonchev–Trinajstić information content (AvgIpc) is 2.56. The van der Waals surface area contributed by atoms with Gasteiger partial charge in [-0.1, -0.05) is 48.5 Å². The molecule has 0 bridgehead atoms. The molecule has 0 spiro atoms. The Labute approximate surface area is 136 Å². The third-order valence-electron chi connectivity index (χ3n) is 3.97. The van der Waals surface area contributed by atoms with Crippen LogP contribution in [0, 0.1) is 0 Å². The summed E-state index contributed by atoms with van der Waals surface area (Å²) in [5.41, 5.74) is 2.21. The van der Waals surface area contributed by atoms with Crippen LogP contribution >= 0.6 is 12.2 Å². The van der Waals surface area contributed by atoms with Crippen LogP contribution < -0.4 is 5.32 Å². The Kier molecular flexibility index (Phi) is 4.71. The molecule has 22 heavy (non-hydrogen) atoms. The fourth-order valence-electron chi connectivity index (χ4n) is 2.81. The molecule has 2 aromatic rings. The molecule has 1 aliphatic rings. The summed E-state index contributed by atoms with van der Waals surface area (Å²) in [5, 5.41) is 4.07. The number of rotatable bonds is 2. The number of thiocarbonyl (C=S) groups is 1. The first-order valence-electron chi connectivity index (χ1n) is 7.55. The van der Waals surface area contributed by atoms with Gasteiger partial charge in [-0.15, -0.1) is 0 Å². The third-order valence-corrected chi connectivity index (χ3v) is 4.31. The van der Waals surface area contributed by atoms with E-state index in [-0.39, 0.29) is 12.1 Å². The minimum Gasteiger partial charge on any atom is -0.370 e. The lowest BCUT2D eigenvalue weighted by Gasteiger charge is -2.41. The second-order valence-electron chi connectivity index (χ2n) is 5.43. The summed E-state index contributed by atoms with van der Waals surface area (Å²) in [7, 11) is 0. The predicted octanol–water partition coefficient (Wildman–Crippen LogP) is 3.85. The molecule has 0 saturated carbocycles. The lowest BCUT2D eigenvalue weighted by atomic mass is 10.0. The summed E-state index contributed by atoms with van der Waals surface area (Å²) in [4.78, 5) is 2.21. The molecule has 1 fully saturated rings. The number of nitrogens with zero attached hydrogens (tertiary/aromatic N) is 1. The van der Waals surface area contributed by atoms with Gasteiger partial charge in [0.25, 0.3) is 0 Å². The van der Waals surface area contributed by atoms with Crippen molar-refractivity contribution in [3.63, 3.8) is 0 Å². The van der Waals surface area contributed by atoms with E-state index in [0.29, 0.717) is 6.61 Å². The summed E-state index contributed by atoms with van der Waals surface area (Å²) < 4.78 is 5.98. The van der Waals surface area contributed by atoms with E-state index in [9.17, 15) is 0 Å². The SMILES string of the molecule is CC1C(c2ccccc2)OCCN1C(=S)Nc1ccccc1. The number of ether oxygens (including phenoxy) is 1. The van der Waals surface area contributed by atoms with E-state index in [4.69, 9.17) is 17.0 Å². The van der Waals surface area contributed by atoms with E-state index in [0.717, 1.165) is 17.3 Å². The smallest absolute Gasteiger partial charge is 0.173 e. The number of anilines is 1. The first-order chi connectivity index (χ1) is 10.8. The number of benzene rings is 2. The Morgan fingerprint density at radius 1 is 1.09 bits per heavy atom. The molecule has 0 aliphatic carbocycles. The van der Waals surface area contributed by atoms with E-state index < -0.39 is 0 Å². The van der Waals surface area contributed by atoms with Gasteiger partial charge in [-0.3, -0.25) is 0 Å². The van der Waals surface area contributed by atoms with Crippen molar-refractivity contribution in [2.24, 2.45) is 0 Å². The third kappa shape index (κ3) is 3.29. The maximum absolute atomic E-state index is 5.98. The van der Waals surface area contributed by atoms with Crippen LogP contribution in [0.1, 0.15) is 18.6 Å². The Morgan fingerprint density at radius 2 is 1.73 bits per heavy atom. The maximum Gasteiger partial charge on any atom is 0.173 e. The minimum atomic E-state index is 0.0467. The highest BCUT2D eigenvalue weighted by Crippen LogP contribution is 2.28. The first kappa shape index (κ1) is 15.0. The summed E-state index contributed by atoms with van der Waals surface area (Å²) in [5.74, 6) is 0. The van der Waals surface area contributed by atoms with Crippen LogP contribution in [0.4, 0.5) is 5.69 Å². The van der Waals surface area contributed by atoms with Crippen LogP contribution in [0.3, 0.4) is 0 Å². The average molecular weight is 312 g/mol. The second-order valence-corrected chi connectivity index (χ2v) is 5.82. The largest absolute Gasteiger partial charge is 0.370 e.